The lowest BCUT2D eigenvalue weighted by Gasteiger charge is -2.39. The van der Waals surface area contributed by atoms with Crippen LogP contribution < -0.4 is 0 Å². The SMILES string of the molecule is c1ccc(-c2ccc(-c3cc(-c4ccc(-c5nc6ccccc6c6c7c(ccc56)C5(c6ccccc6Sc6ccccc65)c5ccccc5-7)cc4)nc(-c4ccccc4)n3)cc2)cc1. The van der Waals surface area contributed by atoms with Crippen LogP contribution in [0.25, 0.3) is 89.1 Å². The zero-order chi connectivity index (χ0) is 42.2. The summed E-state index contributed by atoms with van der Waals surface area (Å²) < 4.78 is 0. The van der Waals surface area contributed by atoms with Gasteiger partial charge in [-0.05, 0) is 68.8 Å². The second-order valence-electron chi connectivity index (χ2n) is 16.6. The first-order valence-corrected chi connectivity index (χ1v) is 22.6. The number of hydrogen-bond acceptors (Lipinski definition) is 4. The van der Waals surface area contributed by atoms with Crippen molar-refractivity contribution in [2.24, 2.45) is 0 Å². The molecule has 0 fully saturated rings. The van der Waals surface area contributed by atoms with E-state index < -0.39 is 5.41 Å². The molecule has 1 aliphatic heterocycles. The van der Waals surface area contributed by atoms with E-state index in [4.69, 9.17) is 15.0 Å². The maximum Gasteiger partial charge on any atom is 0.160 e. The number of aromatic nitrogens is 3. The summed E-state index contributed by atoms with van der Waals surface area (Å²) in [5.74, 6) is 0.695. The van der Waals surface area contributed by atoms with Gasteiger partial charge in [-0.1, -0.05) is 212 Å². The van der Waals surface area contributed by atoms with Crippen LogP contribution in [-0.2, 0) is 5.41 Å². The lowest BCUT2D eigenvalue weighted by molar-refractivity contribution is 0.723. The Balaban J connectivity index is 0.977. The Bertz CT molecular complexity index is 3570. The van der Waals surface area contributed by atoms with Crippen LogP contribution in [0.15, 0.2) is 234 Å². The Kier molecular flexibility index (Phi) is 8.37. The van der Waals surface area contributed by atoms with Crippen LogP contribution in [0.3, 0.4) is 0 Å². The van der Waals surface area contributed by atoms with Gasteiger partial charge in [0.2, 0.25) is 0 Å². The number of hydrogen-bond donors (Lipinski definition) is 0. The summed E-state index contributed by atoms with van der Waals surface area (Å²) >= 11 is 1.88. The summed E-state index contributed by atoms with van der Waals surface area (Å²) in [4.78, 5) is 18.3. The molecule has 0 saturated carbocycles. The fourth-order valence-corrected chi connectivity index (χ4v) is 11.5. The van der Waals surface area contributed by atoms with Crippen LogP contribution in [0.5, 0.6) is 0 Å². The minimum absolute atomic E-state index is 0.455. The Morgan fingerprint density at radius 1 is 0.344 bits per heavy atom. The van der Waals surface area contributed by atoms with Crippen molar-refractivity contribution < 1.29 is 0 Å². The molecule has 0 atom stereocenters. The predicted octanol–water partition coefficient (Wildman–Crippen LogP) is 15.3. The maximum absolute atomic E-state index is 5.44. The molecule has 3 nitrogen and oxygen atoms in total. The van der Waals surface area contributed by atoms with E-state index in [0.29, 0.717) is 5.82 Å². The van der Waals surface area contributed by atoms with E-state index in [9.17, 15) is 0 Å². The van der Waals surface area contributed by atoms with Crippen molar-refractivity contribution in [2.75, 3.05) is 0 Å². The van der Waals surface area contributed by atoms with E-state index in [-0.39, 0.29) is 0 Å². The Morgan fingerprint density at radius 2 is 0.859 bits per heavy atom. The van der Waals surface area contributed by atoms with E-state index in [1.165, 1.54) is 59.7 Å². The van der Waals surface area contributed by atoms with Gasteiger partial charge in [-0.15, -0.1) is 0 Å². The third kappa shape index (κ3) is 5.59. The van der Waals surface area contributed by atoms with E-state index in [0.717, 1.165) is 55.6 Å². The summed E-state index contributed by atoms with van der Waals surface area (Å²) in [6, 6.07) is 80.7. The molecule has 11 aromatic rings. The molecule has 64 heavy (non-hydrogen) atoms. The van der Waals surface area contributed by atoms with Crippen LogP contribution >= 0.6 is 11.8 Å². The molecule has 1 spiro atoms. The fourth-order valence-electron chi connectivity index (χ4n) is 10.3. The lowest BCUT2D eigenvalue weighted by Crippen LogP contribution is -2.31. The molecule has 0 radical (unpaired) electrons. The monoisotopic (exact) mass is 831 g/mol. The van der Waals surface area contributed by atoms with Crippen molar-refractivity contribution in [2.45, 2.75) is 15.2 Å². The molecule has 13 rings (SSSR count). The van der Waals surface area contributed by atoms with Gasteiger partial charge in [0.1, 0.15) is 0 Å². The number of fused-ring (bicyclic) bond motifs is 13. The quantitative estimate of drug-likeness (QED) is 0.162. The number of nitrogens with zero attached hydrogens (tertiary/aromatic N) is 3. The molecular formula is C60H37N3S. The summed E-state index contributed by atoms with van der Waals surface area (Å²) in [6.45, 7) is 0. The van der Waals surface area contributed by atoms with Crippen molar-refractivity contribution >= 4 is 33.4 Å². The van der Waals surface area contributed by atoms with Gasteiger partial charge in [0.25, 0.3) is 0 Å². The first-order valence-electron chi connectivity index (χ1n) is 21.8. The fraction of sp³-hybridized carbons (Fsp3) is 0.0167. The number of rotatable bonds is 5. The molecule has 0 amide bonds. The summed E-state index contributed by atoms with van der Waals surface area (Å²) in [5, 5.41) is 3.54. The highest BCUT2D eigenvalue weighted by Gasteiger charge is 2.50. The first kappa shape index (κ1) is 36.7. The van der Waals surface area contributed by atoms with Crippen molar-refractivity contribution in [3.05, 3.63) is 247 Å². The molecule has 0 N–H and O–H groups in total. The Labute approximate surface area is 375 Å². The molecule has 1 aliphatic carbocycles. The Morgan fingerprint density at radius 3 is 1.53 bits per heavy atom. The molecule has 298 valence electrons. The minimum Gasteiger partial charge on any atom is -0.247 e. The summed E-state index contributed by atoms with van der Waals surface area (Å²) in [5.41, 5.74) is 17.6. The van der Waals surface area contributed by atoms with E-state index in [1.807, 2.05) is 36.0 Å². The number of pyridine rings is 1. The van der Waals surface area contributed by atoms with Crippen molar-refractivity contribution in [1.82, 2.24) is 15.0 Å². The number of benzene rings is 9. The molecule has 3 heterocycles. The van der Waals surface area contributed by atoms with Gasteiger partial charge in [-0.3, -0.25) is 0 Å². The van der Waals surface area contributed by atoms with Crippen LogP contribution in [0.4, 0.5) is 0 Å². The molecule has 2 aromatic heterocycles. The summed E-state index contributed by atoms with van der Waals surface area (Å²) in [7, 11) is 0. The van der Waals surface area contributed by atoms with E-state index in [1.54, 1.807) is 0 Å². The van der Waals surface area contributed by atoms with E-state index in [2.05, 4.69) is 200 Å². The lowest BCUT2D eigenvalue weighted by atomic mass is 9.67. The summed E-state index contributed by atoms with van der Waals surface area (Å²) in [6.07, 6.45) is 0. The molecular weight excluding hydrogens is 795 g/mol. The van der Waals surface area contributed by atoms with Crippen molar-refractivity contribution in [1.29, 1.82) is 0 Å². The van der Waals surface area contributed by atoms with Gasteiger partial charge in [0.05, 0.1) is 28.0 Å². The highest BCUT2D eigenvalue weighted by atomic mass is 32.2. The topological polar surface area (TPSA) is 38.7 Å². The molecule has 0 bridgehead atoms. The van der Waals surface area contributed by atoms with Gasteiger partial charge in [-0.2, -0.15) is 0 Å². The van der Waals surface area contributed by atoms with Gasteiger partial charge < -0.3 is 0 Å². The Hall–Kier alpha value is -7.92. The van der Waals surface area contributed by atoms with Crippen molar-refractivity contribution in [3.8, 4) is 67.4 Å². The van der Waals surface area contributed by atoms with Crippen LogP contribution in [0.2, 0.25) is 0 Å². The van der Waals surface area contributed by atoms with Crippen LogP contribution in [-0.4, -0.2) is 15.0 Å². The zero-order valence-electron chi connectivity index (χ0n) is 34.6. The highest BCUT2D eigenvalue weighted by molar-refractivity contribution is 7.99. The standard InChI is InChI=1S/C60H37N3S/c1-3-15-38(16-4-1)39-27-29-40(30-28-39)52-37-53(63-59(62-52)43-17-5-2-6-18-43)41-31-33-42(34-32-41)58-46-35-36-50-57(56(46)45-20-8-12-24-51(45)61-58)44-19-7-9-21-47(44)60(50)48-22-10-13-25-54(48)64-55-26-14-11-23-49(55)60/h1-37H. The number of para-hydroxylation sites is 1. The molecule has 0 unspecified atom stereocenters. The first-order chi connectivity index (χ1) is 31.7. The van der Waals surface area contributed by atoms with Gasteiger partial charge in [0, 0.05) is 48.2 Å². The van der Waals surface area contributed by atoms with Gasteiger partial charge in [0.15, 0.2) is 5.82 Å². The second kappa shape index (κ2) is 14.6. The smallest absolute Gasteiger partial charge is 0.160 e. The zero-order valence-corrected chi connectivity index (χ0v) is 35.4. The molecule has 4 heteroatoms. The van der Waals surface area contributed by atoms with Crippen molar-refractivity contribution in [3.63, 3.8) is 0 Å². The largest absolute Gasteiger partial charge is 0.247 e. The van der Waals surface area contributed by atoms with Gasteiger partial charge in [-0.25, -0.2) is 15.0 Å². The normalized spacial score (nSPS) is 13.1. The molecule has 0 saturated heterocycles. The van der Waals surface area contributed by atoms with Crippen LogP contribution in [0, 0.1) is 0 Å². The maximum atomic E-state index is 5.44. The third-order valence-electron chi connectivity index (χ3n) is 13.2. The highest BCUT2D eigenvalue weighted by Crippen LogP contribution is 2.63. The average Bonchev–Trinajstić information content (AvgIpc) is 3.67. The van der Waals surface area contributed by atoms with Gasteiger partial charge >= 0.3 is 0 Å². The minimum atomic E-state index is -0.455. The molecule has 9 aromatic carbocycles. The molecule has 2 aliphatic rings. The predicted molar refractivity (Wildman–Crippen MR) is 263 cm³/mol. The average molecular weight is 832 g/mol. The second-order valence-corrected chi connectivity index (χ2v) is 17.7. The third-order valence-corrected chi connectivity index (χ3v) is 14.3. The van der Waals surface area contributed by atoms with Crippen LogP contribution in [0.1, 0.15) is 22.3 Å². The van der Waals surface area contributed by atoms with E-state index >= 15 is 0 Å².